The molecule has 0 radical (unpaired) electrons. The molecule has 38 heavy (non-hydrogen) atoms. The fourth-order valence-corrected chi connectivity index (χ4v) is 5.32. The molecule has 0 aliphatic heterocycles. The van der Waals surface area contributed by atoms with E-state index in [1.54, 1.807) is 73.7 Å². The molecule has 202 valence electrons. The Morgan fingerprint density at radius 3 is 2.08 bits per heavy atom. The van der Waals surface area contributed by atoms with E-state index >= 15 is 0 Å². The monoisotopic (exact) mass is 555 g/mol. The van der Waals surface area contributed by atoms with E-state index in [0.717, 1.165) is 15.4 Å². The molecule has 0 aliphatic rings. The van der Waals surface area contributed by atoms with Crippen LogP contribution in [0.1, 0.15) is 31.9 Å². The van der Waals surface area contributed by atoms with Crippen LogP contribution in [0, 0.1) is 12.8 Å². The van der Waals surface area contributed by atoms with Gasteiger partial charge in [-0.2, -0.15) is 0 Å². The third kappa shape index (κ3) is 7.58. The molecule has 0 spiro atoms. The minimum Gasteiger partial charge on any atom is -0.354 e. The quantitative estimate of drug-likeness (QED) is 0.359. The average molecular weight is 556 g/mol. The molecule has 0 saturated heterocycles. The number of hydrogen-bond acceptors (Lipinski definition) is 4. The fourth-order valence-electron chi connectivity index (χ4n) is 3.78. The number of benzene rings is 3. The average Bonchev–Trinajstić information content (AvgIpc) is 2.90. The highest BCUT2D eigenvalue weighted by atomic mass is 35.5. The van der Waals surface area contributed by atoms with Crippen LogP contribution in [0.3, 0.4) is 0 Å². The lowest BCUT2D eigenvalue weighted by Crippen LogP contribution is -2.51. The van der Waals surface area contributed by atoms with Crippen LogP contribution in [0.4, 0.5) is 5.69 Å². The third-order valence-electron chi connectivity index (χ3n) is 6.05. The lowest BCUT2D eigenvalue weighted by Gasteiger charge is -2.32. The smallest absolute Gasteiger partial charge is 0.264 e. The van der Waals surface area contributed by atoms with Gasteiger partial charge in [-0.1, -0.05) is 73.5 Å². The Hall–Kier alpha value is -3.36. The van der Waals surface area contributed by atoms with Gasteiger partial charge in [0, 0.05) is 18.1 Å². The number of anilines is 1. The van der Waals surface area contributed by atoms with E-state index in [2.05, 4.69) is 5.32 Å². The fraction of sp³-hybridized carbons (Fsp3) is 0.310. The number of amides is 2. The van der Waals surface area contributed by atoms with Crippen molar-refractivity contribution in [3.05, 3.63) is 95.0 Å². The summed E-state index contributed by atoms with van der Waals surface area (Å²) < 4.78 is 28.6. The molecule has 0 saturated carbocycles. The van der Waals surface area contributed by atoms with Gasteiger partial charge in [-0.25, -0.2) is 8.42 Å². The van der Waals surface area contributed by atoms with Gasteiger partial charge in [-0.3, -0.25) is 13.9 Å². The highest BCUT2D eigenvalue weighted by molar-refractivity contribution is 7.92. The van der Waals surface area contributed by atoms with Crippen molar-refractivity contribution in [2.75, 3.05) is 17.4 Å². The van der Waals surface area contributed by atoms with Gasteiger partial charge in [-0.15, -0.1) is 0 Å². The summed E-state index contributed by atoms with van der Waals surface area (Å²) in [6.07, 6.45) is 0. The first-order valence-corrected chi connectivity index (χ1v) is 14.3. The standard InChI is InChI=1S/C29H34ClN3O4S/c1-21(2)18-31-29(35)23(4)32(19-24-12-14-25(30)15-13-24)28(34)20-33(26-8-6-5-7-9-26)38(36,37)27-16-10-22(3)11-17-27/h5-17,21,23H,18-20H2,1-4H3,(H,31,35). The maximum absolute atomic E-state index is 13.8. The summed E-state index contributed by atoms with van der Waals surface area (Å²) in [4.78, 5) is 28.3. The molecule has 0 bridgehead atoms. The SMILES string of the molecule is Cc1ccc(S(=O)(=O)N(CC(=O)N(Cc2ccc(Cl)cc2)C(C)C(=O)NCC(C)C)c2ccccc2)cc1. The highest BCUT2D eigenvalue weighted by Gasteiger charge is 2.32. The Balaban J connectivity index is 1.97. The topological polar surface area (TPSA) is 86.8 Å². The van der Waals surface area contributed by atoms with Gasteiger partial charge in [0.05, 0.1) is 10.6 Å². The van der Waals surface area contributed by atoms with Gasteiger partial charge in [0.2, 0.25) is 11.8 Å². The van der Waals surface area contributed by atoms with Crippen LogP contribution in [0.25, 0.3) is 0 Å². The van der Waals surface area contributed by atoms with E-state index < -0.39 is 28.5 Å². The Morgan fingerprint density at radius 1 is 0.895 bits per heavy atom. The van der Waals surface area contributed by atoms with Crippen LogP contribution >= 0.6 is 11.6 Å². The molecule has 0 aliphatic carbocycles. The molecule has 3 aromatic carbocycles. The van der Waals surface area contributed by atoms with Crippen molar-refractivity contribution in [3.63, 3.8) is 0 Å². The summed E-state index contributed by atoms with van der Waals surface area (Å²) >= 11 is 6.03. The van der Waals surface area contributed by atoms with Gasteiger partial charge in [0.1, 0.15) is 12.6 Å². The number of aryl methyl sites for hydroxylation is 1. The zero-order valence-corrected chi connectivity index (χ0v) is 23.7. The number of sulfonamides is 1. The molecule has 2 amide bonds. The minimum atomic E-state index is -4.08. The van der Waals surface area contributed by atoms with Crippen LogP contribution in [0.5, 0.6) is 0 Å². The zero-order valence-electron chi connectivity index (χ0n) is 22.1. The van der Waals surface area contributed by atoms with Crippen LogP contribution in [0.2, 0.25) is 5.02 Å². The lowest BCUT2D eigenvalue weighted by molar-refractivity contribution is -0.139. The van der Waals surface area contributed by atoms with Crippen molar-refractivity contribution in [2.45, 2.75) is 45.2 Å². The predicted octanol–water partition coefficient (Wildman–Crippen LogP) is 5.03. The van der Waals surface area contributed by atoms with Crippen molar-refractivity contribution in [3.8, 4) is 0 Å². The molecule has 1 atom stereocenters. The zero-order chi connectivity index (χ0) is 27.9. The largest absolute Gasteiger partial charge is 0.354 e. The van der Waals surface area contributed by atoms with Gasteiger partial charge >= 0.3 is 0 Å². The Kier molecular flexibility index (Phi) is 9.94. The summed E-state index contributed by atoms with van der Waals surface area (Å²) in [6.45, 7) is 7.57. The van der Waals surface area contributed by atoms with Crippen molar-refractivity contribution >= 4 is 39.1 Å². The first kappa shape index (κ1) is 29.2. The van der Waals surface area contributed by atoms with E-state index in [1.165, 1.54) is 17.0 Å². The summed E-state index contributed by atoms with van der Waals surface area (Å²) in [5.41, 5.74) is 2.03. The van der Waals surface area contributed by atoms with Gasteiger partial charge in [0.15, 0.2) is 0 Å². The number of para-hydroxylation sites is 1. The maximum Gasteiger partial charge on any atom is 0.264 e. The summed E-state index contributed by atoms with van der Waals surface area (Å²) in [6, 6.07) is 21.1. The van der Waals surface area contributed by atoms with Crippen molar-refractivity contribution in [1.82, 2.24) is 10.2 Å². The second-order valence-electron chi connectivity index (χ2n) is 9.62. The number of nitrogens with zero attached hydrogens (tertiary/aromatic N) is 2. The molecule has 1 unspecified atom stereocenters. The third-order valence-corrected chi connectivity index (χ3v) is 8.09. The van der Waals surface area contributed by atoms with Gasteiger partial charge in [0.25, 0.3) is 10.0 Å². The van der Waals surface area contributed by atoms with Gasteiger partial charge < -0.3 is 10.2 Å². The number of carbonyl (C=O) groups is 2. The Morgan fingerprint density at radius 2 is 1.50 bits per heavy atom. The first-order chi connectivity index (χ1) is 18.0. The number of halogens is 1. The Bertz CT molecular complexity index is 1330. The number of rotatable bonds is 11. The van der Waals surface area contributed by atoms with E-state index in [4.69, 9.17) is 11.6 Å². The molecule has 3 aromatic rings. The van der Waals surface area contributed by atoms with Crippen molar-refractivity contribution in [1.29, 1.82) is 0 Å². The van der Waals surface area contributed by atoms with E-state index in [9.17, 15) is 18.0 Å². The van der Waals surface area contributed by atoms with Crippen molar-refractivity contribution in [2.24, 2.45) is 5.92 Å². The molecule has 3 rings (SSSR count). The minimum absolute atomic E-state index is 0.0757. The normalized spacial score (nSPS) is 12.2. The van der Waals surface area contributed by atoms with Crippen LogP contribution in [0.15, 0.2) is 83.8 Å². The molecular formula is C29H34ClN3O4S. The van der Waals surface area contributed by atoms with Crippen LogP contribution < -0.4 is 9.62 Å². The second-order valence-corrected chi connectivity index (χ2v) is 11.9. The summed E-state index contributed by atoms with van der Waals surface area (Å²) in [5, 5.41) is 3.42. The Labute approximate surface area is 230 Å². The molecular weight excluding hydrogens is 522 g/mol. The molecule has 9 heteroatoms. The second kappa shape index (κ2) is 12.9. The molecule has 1 N–H and O–H groups in total. The van der Waals surface area contributed by atoms with Crippen molar-refractivity contribution < 1.29 is 18.0 Å². The number of hydrogen-bond donors (Lipinski definition) is 1. The molecule has 0 heterocycles. The van der Waals surface area contributed by atoms with Gasteiger partial charge in [-0.05, 0) is 61.7 Å². The number of nitrogens with one attached hydrogen (secondary N) is 1. The van der Waals surface area contributed by atoms with E-state index in [-0.39, 0.29) is 23.3 Å². The predicted molar refractivity (Wildman–Crippen MR) is 151 cm³/mol. The van der Waals surface area contributed by atoms with Crippen LogP contribution in [-0.4, -0.2) is 44.3 Å². The summed E-state index contributed by atoms with van der Waals surface area (Å²) in [5.74, 6) is -0.583. The van der Waals surface area contributed by atoms with Crippen LogP contribution in [-0.2, 0) is 26.2 Å². The highest BCUT2D eigenvalue weighted by Crippen LogP contribution is 2.25. The first-order valence-electron chi connectivity index (χ1n) is 12.4. The van der Waals surface area contributed by atoms with E-state index in [0.29, 0.717) is 17.3 Å². The lowest BCUT2D eigenvalue weighted by atomic mass is 10.1. The molecule has 0 fully saturated rings. The van der Waals surface area contributed by atoms with E-state index in [1.807, 2.05) is 20.8 Å². The summed E-state index contributed by atoms with van der Waals surface area (Å²) in [7, 11) is -4.08. The molecule has 0 aromatic heterocycles. The molecule has 7 nitrogen and oxygen atoms in total. The number of carbonyl (C=O) groups excluding carboxylic acids is 2. The maximum atomic E-state index is 13.8.